The molecule has 1 fully saturated rings. The maximum Gasteiger partial charge on any atom is 0.0473 e. The molecule has 0 spiro atoms. The molecule has 1 aliphatic carbocycles. The second-order valence-corrected chi connectivity index (χ2v) is 5.63. The number of nitrogens with two attached hydrogens (primary N) is 1. The van der Waals surface area contributed by atoms with E-state index in [1.807, 2.05) is 0 Å². The van der Waals surface area contributed by atoms with Crippen LogP contribution in [-0.2, 0) is 0 Å². The van der Waals surface area contributed by atoms with E-state index in [1.165, 1.54) is 30.4 Å². The molecule has 88 valence electrons. The number of benzene rings is 1. The first-order valence-electron chi connectivity index (χ1n) is 5.93. The Morgan fingerprint density at radius 2 is 2.25 bits per heavy atom. The van der Waals surface area contributed by atoms with Crippen molar-refractivity contribution in [1.29, 1.82) is 0 Å². The highest BCUT2D eigenvalue weighted by atomic mass is 79.9. The molecule has 3 heteroatoms. The van der Waals surface area contributed by atoms with E-state index in [9.17, 15) is 0 Å². The van der Waals surface area contributed by atoms with Crippen LogP contribution in [0, 0.1) is 12.8 Å². The fraction of sp³-hybridized carbons (Fsp3) is 0.538. The van der Waals surface area contributed by atoms with Crippen LogP contribution in [0.15, 0.2) is 22.7 Å². The normalized spacial score (nSPS) is 18.2. The van der Waals surface area contributed by atoms with Gasteiger partial charge in [0.15, 0.2) is 0 Å². The van der Waals surface area contributed by atoms with Crippen molar-refractivity contribution in [1.82, 2.24) is 5.43 Å². The monoisotopic (exact) mass is 282 g/mol. The van der Waals surface area contributed by atoms with Gasteiger partial charge in [-0.3, -0.25) is 11.3 Å². The summed E-state index contributed by atoms with van der Waals surface area (Å²) in [4.78, 5) is 0. The number of nitrogens with one attached hydrogen (secondary N) is 1. The molecule has 1 atom stereocenters. The van der Waals surface area contributed by atoms with Gasteiger partial charge in [0.05, 0.1) is 0 Å². The number of hydrogen-bond donors (Lipinski definition) is 2. The quantitative estimate of drug-likeness (QED) is 0.656. The van der Waals surface area contributed by atoms with Gasteiger partial charge in [-0.2, -0.15) is 0 Å². The Bertz CT molecular complexity index is 361. The van der Waals surface area contributed by atoms with Gasteiger partial charge in [0, 0.05) is 10.5 Å². The van der Waals surface area contributed by atoms with Crippen LogP contribution in [0.2, 0.25) is 0 Å². The fourth-order valence-corrected chi connectivity index (χ4v) is 3.03. The molecule has 1 unspecified atom stereocenters. The molecule has 16 heavy (non-hydrogen) atoms. The smallest absolute Gasteiger partial charge is 0.0473 e. The molecule has 0 aliphatic heterocycles. The number of hydrazine groups is 1. The average Bonchev–Trinajstić information content (AvgIpc) is 2.18. The molecule has 0 amide bonds. The van der Waals surface area contributed by atoms with E-state index in [4.69, 9.17) is 5.84 Å². The molecule has 0 bridgehead atoms. The minimum atomic E-state index is 0.278. The third-order valence-corrected chi connectivity index (χ3v) is 4.21. The van der Waals surface area contributed by atoms with E-state index < -0.39 is 0 Å². The van der Waals surface area contributed by atoms with Gasteiger partial charge in [0.2, 0.25) is 0 Å². The highest BCUT2D eigenvalue weighted by Crippen LogP contribution is 2.36. The standard InChI is InChI=1S/C13H19BrN2/c1-9-5-6-11(12(14)7-9)13(16-15)8-10-3-2-4-10/h5-7,10,13,16H,2-4,8,15H2,1H3. The van der Waals surface area contributed by atoms with Crippen molar-refractivity contribution >= 4 is 15.9 Å². The van der Waals surface area contributed by atoms with Crippen molar-refractivity contribution in [3.8, 4) is 0 Å². The van der Waals surface area contributed by atoms with Gasteiger partial charge in [0.25, 0.3) is 0 Å². The van der Waals surface area contributed by atoms with Gasteiger partial charge in [-0.15, -0.1) is 0 Å². The topological polar surface area (TPSA) is 38.0 Å². The molecule has 1 aliphatic rings. The SMILES string of the molecule is Cc1ccc(C(CC2CCC2)NN)c(Br)c1. The molecule has 2 nitrogen and oxygen atoms in total. The highest BCUT2D eigenvalue weighted by Gasteiger charge is 2.23. The van der Waals surface area contributed by atoms with E-state index in [0.717, 1.165) is 16.8 Å². The summed E-state index contributed by atoms with van der Waals surface area (Å²) in [5, 5.41) is 0. The van der Waals surface area contributed by atoms with Crippen LogP contribution in [0.1, 0.15) is 42.9 Å². The Labute approximate surface area is 106 Å². The first-order chi connectivity index (χ1) is 7.70. The summed E-state index contributed by atoms with van der Waals surface area (Å²) in [6.07, 6.45) is 5.26. The molecule has 1 aromatic rings. The van der Waals surface area contributed by atoms with Crippen LogP contribution in [0.4, 0.5) is 0 Å². The Hall–Kier alpha value is -0.380. The van der Waals surface area contributed by atoms with Crippen LogP contribution in [0.5, 0.6) is 0 Å². The molecule has 0 aromatic heterocycles. The molecule has 2 rings (SSSR count). The summed E-state index contributed by atoms with van der Waals surface area (Å²) in [7, 11) is 0. The Kier molecular flexibility index (Phi) is 4.00. The Balaban J connectivity index is 2.11. The molecular weight excluding hydrogens is 264 g/mol. The molecular formula is C13H19BrN2. The third-order valence-electron chi connectivity index (χ3n) is 3.53. The second kappa shape index (κ2) is 5.30. The number of rotatable bonds is 4. The molecule has 1 saturated carbocycles. The lowest BCUT2D eigenvalue weighted by Gasteiger charge is -2.30. The van der Waals surface area contributed by atoms with Gasteiger partial charge in [-0.25, -0.2) is 0 Å². The molecule has 0 radical (unpaired) electrons. The fourth-order valence-electron chi connectivity index (χ4n) is 2.26. The van der Waals surface area contributed by atoms with Crippen molar-refractivity contribution < 1.29 is 0 Å². The molecule has 1 aromatic carbocycles. The maximum absolute atomic E-state index is 5.67. The maximum atomic E-state index is 5.67. The van der Waals surface area contributed by atoms with Crippen LogP contribution in [0.3, 0.4) is 0 Å². The average molecular weight is 283 g/mol. The van der Waals surface area contributed by atoms with Gasteiger partial charge in [-0.05, 0) is 36.5 Å². The predicted octanol–water partition coefficient (Wildman–Crippen LogP) is 3.45. The van der Waals surface area contributed by atoms with Crippen molar-refractivity contribution in [2.24, 2.45) is 11.8 Å². The first-order valence-corrected chi connectivity index (χ1v) is 6.72. The third kappa shape index (κ3) is 2.65. The zero-order valence-corrected chi connectivity index (χ0v) is 11.3. The second-order valence-electron chi connectivity index (χ2n) is 4.78. The van der Waals surface area contributed by atoms with Crippen LogP contribution >= 0.6 is 15.9 Å². The summed E-state index contributed by atoms with van der Waals surface area (Å²) < 4.78 is 1.16. The van der Waals surface area contributed by atoms with Crippen LogP contribution in [-0.4, -0.2) is 0 Å². The van der Waals surface area contributed by atoms with Gasteiger partial charge < -0.3 is 0 Å². The predicted molar refractivity (Wildman–Crippen MR) is 70.9 cm³/mol. The van der Waals surface area contributed by atoms with Crippen molar-refractivity contribution in [2.45, 2.75) is 38.6 Å². The van der Waals surface area contributed by atoms with Crippen LogP contribution in [0.25, 0.3) is 0 Å². The van der Waals surface area contributed by atoms with Crippen molar-refractivity contribution in [3.63, 3.8) is 0 Å². The lowest BCUT2D eigenvalue weighted by Crippen LogP contribution is -2.31. The number of halogens is 1. The van der Waals surface area contributed by atoms with Gasteiger partial charge >= 0.3 is 0 Å². The van der Waals surface area contributed by atoms with E-state index in [1.54, 1.807) is 0 Å². The number of aryl methyl sites for hydroxylation is 1. The summed E-state index contributed by atoms with van der Waals surface area (Å²) in [5.41, 5.74) is 5.50. The minimum Gasteiger partial charge on any atom is -0.271 e. The van der Waals surface area contributed by atoms with Gasteiger partial charge in [0.1, 0.15) is 0 Å². The van der Waals surface area contributed by atoms with E-state index >= 15 is 0 Å². The molecule has 0 heterocycles. The van der Waals surface area contributed by atoms with Crippen molar-refractivity contribution in [2.75, 3.05) is 0 Å². The summed E-state index contributed by atoms with van der Waals surface area (Å²) >= 11 is 3.62. The largest absolute Gasteiger partial charge is 0.271 e. The van der Waals surface area contributed by atoms with E-state index in [-0.39, 0.29) is 6.04 Å². The van der Waals surface area contributed by atoms with Gasteiger partial charge in [-0.1, -0.05) is 47.3 Å². The Morgan fingerprint density at radius 3 is 2.75 bits per heavy atom. The summed E-state index contributed by atoms with van der Waals surface area (Å²) in [6.45, 7) is 2.10. The first kappa shape index (κ1) is 12.1. The molecule has 3 N–H and O–H groups in total. The van der Waals surface area contributed by atoms with Crippen LogP contribution < -0.4 is 11.3 Å². The van der Waals surface area contributed by atoms with Crippen molar-refractivity contribution in [3.05, 3.63) is 33.8 Å². The number of hydrogen-bond acceptors (Lipinski definition) is 2. The summed E-state index contributed by atoms with van der Waals surface area (Å²) in [5.74, 6) is 6.52. The lowest BCUT2D eigenvalue weighted by molar-refractivity contribution is 0.261. The molecule has 0 saturated heterocycles. The van der Waals surface area contributed by atoms with E-state index in [2.05, 4.69) is 46.5 Å². The summed E-state index contributed by atoms with van der Waals surface area (Å²) in [6, 6.07) is 6.74. The zero-order valence-electron chi connectivity index (χ0n) is 9.67. The zero-order chi connectivity index (χ0) is 11.5. The highest BCUT2D eigenvalue weighted by molar-refractivity contribution is 9.10. The minimum absolute atomic E-state index is 0.278. The Morgan fingerprint density at radius 1 is 1.50 bits per heavy atom. The van der Waals surface area contributed by atoms with E-state index in [0.29, 0.717) is 0 Å². The lowest BCUT2D eigenvalue weighted by atomic mass is 9.80.